The van der Waals surface area contributed by atoms with Gasteiger partial charge in [0.2, 0.25) is 0 Å². The summed E-state index contributed by atoms with van der Waals surface area (Å²) in [7, 11) is 0. The SMILES string of the molecule is CC(C)N1CCCC1CCC1(N)CCC1. The molecule has 1 aliphatic carbocycles. The van der Waals surface area contributed by atoms with Gasteiger partial charge in [0.25, 0.3) is 0 Å². The molecule has 2 fully saturated rings. The van der Waals surface area contributed by atoms with Crippen LogP contribution >= 0.6 is 0 Å². The van der Waals surface area contributed by atoms with E-state index in [-0.39, 0.29) is 5.54 Å². The zero-order valence-corrected chi connectivity index (χ0v) is 10.3. The highest BCUT2D eigenvalue weighted by molar-refractivity contribution is 4.94. The van der Waals surface area contributed by atoms with Crippen molar-refractivity contribution in [2.75, 3.05) is 6.54 Å². The average Bonchev–Trinajstić information content (AvgIpc) is 2.59. The van der Waals surface area contributed by atoms with Gasteiger partial charge in [-0.1, -0.05) is 0 Å². The summed E-state index contributed by atoms with van der Waals surface area (Å²) in [6.45, 7) is 5.94. The van der Waals surface area contributed by atoms with Gasteiger partial charge in [0.05, 0.1) is 0 Å². The molecule has 0 radical (unpaired) electrons. The Morgan fingerprint density at radius 2 is 2.07 bits per heavy atom. The molecule has 0 amide bonds. The van der Waals surface area contributed by atoms with Crippen molar-refractivity contribution in [1.82, 2.24) is 4.90 Å². The monoisotopic (exact) mass is 210 g/mol. The summed E-state index contributed by atoms with van der Waals surface area (Å²) in [4.78, 5) is 2.67. The lowest BCUT2D eigenvalue weighted by Crippen LogP contribution is -2.47. The summed E-state index contributed by atoms with van der Waals surface area (Å²) in [6.07, 6.45) is 9.25. The Hall–Kier alpha value is -0.0800. The quantitative estimate of drug-likeness (QED) is 0.772. The topological polar surface area (TPSA) is 29.3 Å². The molecule has 0 aromatic rings. The van der Waals surface area contributed by atoms with E-state index in [0.29, 0.717) is 6.04 Å². The Bertz CT molecular complexity index is 209. The Labute approximate surface area is 94.2 Å². The van der Waals surface area contributed by atoms with Crippen LogP contribution in [0.15, 0.2) is 0 Å². The molecule has 1 saturated heterocycles. The Morgan fingerprint density at radius 1 is 1.33 bits per heavy atom. The summed E-state index contributed by atoms with van der Waals surface area (Å²) in [6, 6.07) is 1.54. The van der Waals surface area contributed by atoms with E-state index in [4.69, 9.17) is 5.73 Å². The second-order valence-electron chi connectivity index (χ2n) is 5.88. The number of rotatable bonds is 4. The maximum atomic E-state index is 6.28. The highest BCUT2D eigenvalue weighted by Crippen LogP contribution is 2.35. The predicted molar refractivity (Wildman–Crippen MR) is 64.9 cm³/mol. The van der Waals surface area contributed by atoms with Crippen LogP contribution in [0.2, 0.25) is 0 Å². The fraction of sp³-hybridized carbons (Fsp3) is 1.00. The van der Waals surface area contributed by atoms with Crippen LogP contribution in [0.1, 0.15) is 58.8 Å². The van der Waals surface area contributed by atoms with Crippen molar-refractivity contribution in [3.05, 3.63) is 0 Å². The molecule has 0 aromatic heterocycles. The van der Waals surface area contributed by atoms with E-state index in [1.165, 1.54) is 51.5 Å². The first-order chi connectivity index (χ1) is 7.11. The van der Waals surface area contributed by atoms with E-state index in [1.54, 1.807) is 0 Å². The molecule has 1 heterocycles. The van der Waals surface area contributed by atoms with Gasteiger partial charge < -0.3 is 5.73 Å². The summed E-state index contributed by atoms with van der Waals surface area (Å²) in [5, 5.41) is 0. The van der Waals surface area contributed by atoms with Gasteiger partial charge in [0.15, 0.2) is 0 Å². The van der Waals surface area contributed by atoms with Gasteiger partial charge in [-0.05, 0) is 65.3 Å². The van der Waals surface area contributed by atoms with Crippen LogP contribution in [0, 0.1) is 0 Å². The largest absolute Gasteiger partial charge is 0.325 e. The highest BCUT2D eigenvalue weighted by Gasteiger charge is 2.34. The minimum atomic E-state index is 0.227. The lowest BCUT2D eigenvalue weighted by molar-refractivity contribution is 0.160. The molecule has 1 saturated carbocycles. The molecule has 2 nitrogen and oxygen atoms in total. The number of hydrogen-bond acceptors (Lipinski definition) is 2. The summed E-state index contributed by atoms with van der Waals surface area (Å²) in [5.74, 6) is 0. The molecule has 1 aliphatic heterocycles. The molecule has 88 valence electrons. The van der Waals surface area contributed by atoms with Crippen LogP contribution < -0.4 is 5.73 Å². The van der Waals surface area contributed by atoms with Crippen molar-refractivity contribution in [2.24, 2.45) is 5.73 Å². The fourth-order valence-corrected chi connectivity index (χ4v) is 3.18. The van der Waals surface area contributed by atoms with Crippen molar-refractivity contribution in [1.29, 1.82) is 0 Å². The third-order valence-corrected chi connectivity index (χ3v) is 4.41. The maximum Gasteiger partial charge on any atom is 0.0155 e. The molecular weight excluding hydrogens is 184 g/mol. The maximum absolute atomic E-state index is 6.28. The van der Waals surface area contributed by atoms with Gasteiger partial charge in [-0.15, -0.1) is 0 Å². The van der Waals surface area contributed by atoms with Gasteiger partial charge in [-0.2, -0.15) is 0 Å². The molecule has 1 unspecified atom stereocenters. The van der Waals surface area contributed by atoms with Gasteiger partial charge in [0, 0.05) is 17.6 Å². The first-order valence-corrected chi connectivity index (χ1v) is 6.65. The van der Waals surface area contributed by atoms with Crippen LogP contribution in [0.5, 0.6) is 0 Å². The summed E-state index contributed by atoms with van der Waals surface area (Å²) >= 11 is 0. The molecule has 0 bridgehead atoms. The molecule has 1 atom stereocenters. The van der Waals surface area contributed by atoms with E-state index >= 15 is 0 Å². The Kier molecular flexibility index (Phi) is 3.36. The van der Waals surface area contributed by atoms with Gasteiger partial charge >= 0.3 is 0 Å². The fourth-order valence-electron chi connectivity index (χ4n) is 3.18. The van der Waals surface area contributed by atoms with E-state index < -0.39 is 0 Å². The van der Waals surface area contributed by atoms with Crippen LogP contribution in [0.3, 0.4) is 0 Å². The number of likely N-dealkylation sites (tertiary alicyclic amines) is 1. The minimum absolute atomic E-state index is 0.227. The smallest absolute Gasteiger partial charge is 0.0155 e. The number of nitrogens with two attached hydrogens (primary N) is 1. The normalized spacial score (nSPS) is 30.8. The minimum Gasteiger partial charge on any atom is -0.325 e. The molecule has 2 heteroatoms. The van der Waals surface area contributed by atoms with Crippen molar-refractivity contribution in [3.63, 3.8) is 0 Å². The van der Waals surface area contributed by atoms with E-state index in [1.807, 2.05) is 0 Å². The van der Waals surface area contributed by atoms with E-state index in [9.17, 15) is 0 Å². The third kappa shape index (κ3) is 2.54. The highest BCUT2D eigenvalue weighted by atomic mass is 15.2. The standard InChI is InChI=1S/C13H26N2/c1-11(2)15-10-3-5-12(15)6-9-13(14)7-4-8-13/h11-12H,3-10,14H2,1-2H3. The third-order valence-electron chi connectivity index (χ3n) is 4.41. The van der Waals surface area contributed by atoms with Crippen molar-refractivity contribution >= 4 is 0 Å². The molecule has 15 heavy (non-hydrogen) atoms. The molecule has 0 spiro atoms. The second kappa shape index (κ2) is 4.42. The van der Waals surface area contributed by atoms with Crippen LogP contribution in [0.4, 0.5) is 0 Å². The molecule has 2 rings (SSSR count). The van der Waals surface area contributed by atoms with Gasteiger partial charge in [-0.25, -0.2) is 0 Å². The van der Waals surface area contributed by atoms with E-state index in [2.05, 4.69) is 18.7 Å². The molecule has 2 aliphatic rings. The van der Waals surface area contributed by atoms with Crippen LogP contribution in [-0.4, -0.2) is 29.1 Å². The second-order valence-corrected chi connectivity index (χ2v) is 5.88. The van der Waals surface area contributed by atoms with Gasteiger partial charge in [0.1, 0.15) is 0 Å². The first-order valence-electron chi connectivity index (χ1n) is 6.65. The zero-order valence-electron chi connectivity index (χ0n) is 10.3. The lowest BCUT2D eigenvalue weighted by atomic mass is 9.74. The van der Waals surface area contributed by atoms with Crippen LogP contribution in [-0.2, 0) is 0 Å². The Morgan fingerprint density at radius 3 is 2.60 bits per heavy atom. The Balaban J connectivity index is 1.78. The molecular formula is C13H26N2. The average molecular weight is 210 g/mol. The number of hydrogen-bond donors (Lipinski definition) is 1. The van der Waals surface area contributed by atoms with Gasteiger partial charge in [-0.3, -0.25) is 4.90 Å². The summed E-state index contributed by atoms with van der Waals surface area (Å²) in [5.41, 5.74) is 6.51. The first kappa shape index (κ1) is 11.4. The predicted octanol–water partition coefficient (Wildman–Crippen LogP) is 2.52. The van der Waals surface area contributed by atoms with Crippen molar-refractivity contribution in [2.45, 2.75) is 76.4 Å². The number of nitrogens with zero attached hydrogens (tertiary/aromatic N) is 1. The zero-order chi connectivity index (χ0) is 10.9. The van der Waals surface area contributed by atoms with Crippen molar-refractivity contribution < 1.29 is 0 Å². The summed E-state index contributed by atoms with van der Waals surface area (Å²) < 4.78 is 0. The molecule has 2 N–H and O–H groups in total. The van der Waals surface area contributed by atoms with Crippen molar-refractivity contribution in [3.8, 4) is 0 Å². The van der Waals surface area contributed by atoms with E-state index in [0.717, 1.165) is 6.04 Å². The lowest BCUT2D eigenvalue weighted by Gasteiger charge is -2.40. The van der Waals surface area contributed by atoms with Crippen LogP contribution in [0.25, 0.3) is 0 Å². The molecule has 0 aromatic carbocycles.